The van der Waals surface area contributed by atoms with Crippen LogP contribution in [0, 0.1) is 5.82 Å². The Kier molecular flexibility index (Phi) is 7.14. The molecular weight excluding hydrogens is 451 g/mol. The molecule has 0 aliphatic rings. The summed E-state index contributed by atoms with van der Waals surface area (Å²) in [5.41, 5.74) is 1.60. The minimum Gasteiger partial charge on any atom is -0.497 e. The lowest BCUT2D eigenvalue weighted by molar-refractivity contribution is -0.140. The van der Waals surface area contributed by atoms with E-state index in [1.54, 1.807) is 36.7 Å². The number of nitrogens with zero attached hydrogens (tertiary/aromatic N) is 4. The highest BCUT2D eigenvalue weighted by molar-refractivity contribution is 5.84. The summed E-state index contributed by atoms with van der Waals surface area (Å²) in [6, 6.07) is 14.1. The van der Waals surface area contributed by atoms with Gasteiger partial charge in [0.1, 0.15) is 17.5 Å². The first-order valence-corrected chi connectivity index (χ1v) is 11.2. The molecule has 1 atom stereocenters. The van der Waals surface area contributed by atoms with Crippen LogP contribution in [0.5, 0.6) is 11.5 Å². The van der Waals surface area contributed by atoms with E-state index in [-0.39, 0.29) is 5.82 Å². The topological polar surface area (TPSA) is 89.7 Å². The van der Waals surface area contributed by atoms with Gasteiger partial charge in [-0.2, -0.15) is 0 Å². The van der Waals surface area contributed by atoms with Gasteiger partial charge in [0.25, 0.3) is 0 Å². The third-order valence-electron chi connectivity index (χ3n) is 5.81. The first kappa shape index (κ1) is 24.0. The van der Waals surface area contributed by atoms with Crippen LogP contribution in [0.3, 0.4) is 0 Å². The van der Waals surface area contributed by atoms with Crippen LogP contribution in [0.2, 0.25) is 0 Å². The number of carboxylic acid groups (broad SMARTS) is 1. The summed E-state index contributed by atoms with van der Waals surface area (Å²) in [6.45, 7) is 2.61. The van der Waals surface area contributed by atoms with Gasteiger partial charge in [0.2, 0.25) is 0 Å². The van der Waals surface area contributed by atoms with Gasteiger partial charge in [-0.15, -0.1) is 0 Å². The zero-order valence-corrected chi connectivity index (χ0v) is 19.8. The Hall–Kier alpha value is -4.14. The average Bonchev–Trinajstić information content (AvgIpc) is 3.29. The molecule has 0 amide bonds. The molecule has 0 bridgehead atoms. The Balaban J connectivity index is 1.35. The maximum atomic E-state index is 14.4. The number of carbonyl (C=O) groups is 1. The summed E-state index contributed by atoms with van der Waals surface area (Å²) in [4.78, 5) is 21.6. The van der Waals surface area contributed by atoms with E-state index in [2.05, 4.69) is 9.97 Å². The molecule has 0 fully saturated rings. The molecule has 2 aromatic heterocycles. The van der Waals surface area contributed by atoms with Crippen molar-refractivity contribution in [3.63, 3.8) is 0 Å². The van der Waals surface area contributed by atoms with E-state index in [1.165, 1.54) is 6.20 Å². The Morgan fingerprint density at radius 1 is 1.17 bits per heavy atom. The van der Waals surface area contributed by atoms with E-state index in [1.807, 2.05) is 48.5 Å². The van der Waals surface area contributed by atoms with Gasteiger partial charge in [0.05, 0.1) is 19.9 Å². The van der Waals surface area contributed by atoms with Crippen molar-refractivity contribution >= 4 is 22.7 Å². The fourth-order valence-electron chi connectivity index (χ4n) is 3.79. The van der Waals surface area contributed by atoms with Gasteiger partial charge in [-0.1, -0.05) is 0 Å². The number of ether oxygens (including phenoxy) is 2. The summed E-state index contributed by atoms with van der Waals surface area (Å²) in [5.74, 6) is 0.695. The molecule has 0 saturated carbocycles. The lowest BCUT2D eigenvalue weighted by Crippen LogP contribution is -2.23. The molecule has 2 heterocycles. The van der Waals surface area contributed by atoms with Gasteiger partial charge in [-0.05, 0) is 61.9 Å². The lowest BCUT2D eigenvalue weighted by Gasteiger charge is -2.19. The quantitative estimate of drug-likeness (QED) is 0.328. The third kappa shape index (κ3) is 5.34. The Morgan fingerprint density at radius 2 is 1.91 bits per heavy atom. The van der Waals surface area contributed by atoms with Crippen LogP contribution in [-0.2, 0) is 4.79 Å². The highest BCUT2D eigenvalue weighted by atomic mass is 19.1. The van der Waals surface area contributed by atoms with E-state index < -0.39 is 17.8 Å². The van der Waals surface area contributed by atoms with Crippen molar-refractivity contribution in [3.8, 4) is 22.9 Å². The summed E-state index contributed by atoms with van der Waals surface area (Å²) in [6.07, 6.45) is 3.59. The van der Waals surface area contributed by atoms with Gasteiger partial charge in [-0.3, -0.25) is 0 Å². The van der Waals surface area contributed by atoms with Crippen LogP contribution in [0.25, 0.3) is 22.3 Å². The molecule has 4 aromatic rings. The number of aromatic nitrogens is 3. The number of hydrogen-bond acceptors (Lipinski definition) is 6. The molecule has 1 N–H and O–H groups in total. The standard InChI is InChI=1S/C26H27FN4O4/c1-17(26(32)33)31-13-11-19-15-21(9-10-23(19)31)35-14-4-12-30(2)25-22(27)16-28-24(29-25)18-5-7-20(34-3)8-6-18/h5-11,13,15-17H,4,12,14H2,1-3H3,(H,32,33). The molecule has 1 unspecified atom stereocenters. The van der Waals surface area contributed by atoms with Crippen molar-refractivity contribution in [3.05, 3.63) is 66.7 Å². The number of methoxy groups -OCH3 is 1. The van der Waals surface area contributed by atoms with Gasteiger partial charge >= 0.3 is 5.97 Å². The molecule has 0 aliphatic carbocycles. The monoisotopic (exact) mass is 478 g/mol. The number of fused-ring (bicyclic) bond motifs is 1. The first-order valence-electron chi connectivity index (χ1n) is 11.2. The van der Waals surface area contributed by atoms with Crippen molar-refractivity contribution in [1.29, 1.82) is 0 Å². The molecule has 35 heavy (non-hydrogen) atoms. The average molecular weight is 479 g/mol. The van der Waals surface area contributed by atoms with E-state index >= 15 is 0 Å². The maximum Gasteiger partial charge on any atom is 0.326 e. The smallest absolute Gasteiger partial charge is 0.326 e. The summed E-state index contributed by atoms with van der Waals surface area (Å²) >= 11 is 0. The van der Waals surface area contributed by atoms with Crippen molar-refractivity contribution in [2.75, 3.05) is 32.2 Å². The third-order valence-corrected chi connectivity index (χ3v) is 5.81. The zero-order chi connectivity index (χ0) is 24.9. The van der Waals surface area contributed by atoms with E-state index in [9.17, 15) is 14.3 Å². The predicted molar refractivity (Wildman–Crippen MR) is 132 cm³/mol. The predicted octanol–water partition coefficient (Wildman–Crippen LogP) is 4.80. The molecule has 2 aromatic carbocycles. The highest BCUT2D eigenvalue weighted by Gasteiger charge is 2.16. The molecule has 0 aliphatic heterocycles. The number of carboxylic acids is 1. The van der Waals surface area contributed by atoms with Crippen LogP contribution >= 0.6 is 0 Å². The Morgan fingerprint density at radius 3 is 2.63 bits per heavy atom. The number of anilines is 1. The molecule has 8 nitrogen and oxygen atoms in total. The molecule has 0 radical (unpaired) electrons. The van der Waals surface area contributed by atoms with Crippen molar-refractivity contribution < 1.29 is 23.8 Å². The largest absolute Gasteiger partial charge is 0.497 e. The number of benzene rings is 2. The molecule has 4 rings (SSSR count). The van der Waals surface area contributed by atoms with Gasteiger partial charge in [-0.25, -0.2) is 19.2 Å². The number of hydrogen-bond donors (Lipinski definition) is 1. The fraction of sp³-hybridized carbons (Fsp3) is 0.269. The number of aliphatic carboxylic acids is 1. The van der Waals surface area contributed by atoms with Gasteiger partial charge in [0.15, 0.2) is 17.5 Å². The lowest BCUT2D eigenvalue weighted by atomic mass is 10.2. The SMILES string of the molecule is COc1ccc(-c2ncc(F)c(N(C)CCCOc3ccc4c(ccn4C(C)C(=O)O)c3)n2)cc1. The zero-order valence-electron chi connectivity index (χ0n) is 19.8. The maximum absolute atomic E-state index is 14.4. The van der Waals surface area contributed by atoms with Gasteiger partial charge < -0.3 is 24.0 Å². The molecule has 0 saturated heterocycles. The van der Waals surface area contributed by atoms with Crippen LogP contribution in [0.15, 0.2) is 60.9 Å². The van der Waals surface area contributed by atoms with Gasteiger partial charge in [0, 0.05) is 36.3 Å². The second-order valence-corrected chi connectivity index (χ2v) is 8.18. The van der Waals surface area contributed by atoms with Crippen LogP contribution in [0.4, 0.5) is 10.2 Å². The first-order chi connectivity index (χ1) is 16.9. The molecular formula is C26H27FN4O4. The highest BCUT2D eigenvalue weighted by Crippen LogP contribution is 2.26. The number of rotatable bonds is 10. The van der Waals surface area contributed by atoms with Crippen LogP contribution in [-0.4, -0.2) is 52.9 Å². The minimum atomic E-state index is -0.886. The number of halogens is 1. The van der Waals surface area contributed by atoms with E-state index in [0.717, 1.165) is 22.2 Å². The Labute approximate surface area is 202 Å². The van der Waals surface area contributed by atoms with Crippen LogP contribution in [0.1, 0.15) is 19.4 Å². The fourth-order valence-corrected chi connectivity index (χ4v) is 3.79. The minimum absolute atomic E-state index is 0.223. The molecule has 9 heteroatoms. The molecule has 0 spiro atoms. The van der Waals surface area contributed by atoms with Crippen molar-refractivity contribution in [1.82, 2.24) is 14.5 Å². The Bertz CT molecular complexity index is 1320. The second-order valence-electron chi connectivity index (χ2n) is 8.18. The summed E-state index contributed by atoms with van der Waals surface area (Å²) < 4.78 is 27.2. The second kappa shape index (κ2) is 10.4. The van der Waals surface area contributed by atoms with Crippen LogP contribution < -0.4 is 14.4 Å². The van der Waals surface area contributed by atoms with Crippen molar-refractivity contribution in [2.45, 2.75) is 19.4 Å². The summed E-state index contributed by atoms with van der Waals surface area (Å²) in [7, 11) is 3.37. The normalized spacial score (nSPS) is 11.9. The van der Waals surface area contributed by atoms with Crippen molar-refractivity contribution in [2.24, 2.45) is 0 Å². The summed E-state index contributed by atoms with van der Waals surface area (Å²) in [5, 5.41) is 10.2. The van der Waals surface area contributed by atoms with E-state index in [4.69, 9.17) is 9.47 Å². The molecule has 182 valence electrons. The van der Waals surface area contributed by atoms with E-state index in [0.29, 0.717) is 31.1 Å².